The maximum Gasteiger partial charge on any atom is 0.242 e. The Bertz CT molecular complexity index is 684. The highest BCUT2D eigenvalue weighted by Gasteiger charge is 2.70. The summed E-state index contributed by atoms with van der Waals surface area (Å²) in [6.07, 6.45) is 5.14. The lowest BCUT2D eigenvalue weighted by molar-refractivity contribution is -0.140. The zero-order valence-electron chi connectivity index (χ0n) is 14.4. The van der Waals surface area contributed by atoms with Gasteiger partial charge in [0.25, 0.3) is 0 Å². The number of aromatic nitrogens is 2. The average Bonchev–Trinajstić information content (AvgIpc) is 2.88. The zero-order chi connectivity index (χ0) is 17.3. The number of hydrazine groups is 2. The molecule has 0 aromatic carbocycles. The molecule has 3 atom stereocenters. The fourth-order valence-electron chi connectivity index (χ4n) is 4.59. The molecule has 3 aliphatic rings. The first-order valence-electron chi connectivity index (χ1n) is 8.69. The highest BCUT2D eigenvalue weighted by molar-refractivity contribution is 5.85. The molecular weight excluding hydrogens is 306 g/mol. The van der Waals surface area contributed by atoms with E-state index in [0.717, 1.165) is 31.4 Å². The molecule has 1 aliphatic carbocycles. The topological polar surface area (TPSA) is 119 Å². The van der Waals surface area contributed by atoms with E-state index in [1.165, 1.54) is 10.7 Å². The molecule has 0 unspecified atom stereocenters. The second-order valence-electron chi connectivity index (χ2n) is 8.08. The monoisotopic (exact) mass is 333 g/mol. The number of fused-ring (bicyclic) bond motifs is 2. The molecule has 1 aromatic rings. The van der Waals surface area contributed by atoms with E-state index < -0.39 is 11.1 Å². The van der Waals surface area contributed by atoms with E-state index in [1.54, 1.807) is 5.01 Å². The van der Waals surface area contributed by atoms with Gasteiger partial charge in [-0.2, -0.15) is 5.10 Å². The third kappa shape index (κ3) is 2.07. The van der Waals surface area contributed by atoms with E-state index in [1.807, 2.05) is 24.7 Å². The number of amides is 1. The van der Waals surface area contributed by atoms with Gasteiger partial charge in [-0.3, -0.25) is 20.3 Å². The summed E-state index contributed by atoms with van der Waals surface area (Å²) in [7, 11) is 0. The largest absolute Gasteiger partial charge is 0.323 e. The summed E-state index contributed by atoms with van der Waals surface area (Å²) < 4.78 is 2.04. The summed E-state index contributed by atoms with van der Waals surface area (Å²) in [5.74, 6) is 11.9. The maximum absolute atomic E-state index is 13.0. The molecule has 0 radical (unpaired) electrons. The minimum Gasteiger partial charge on any atom is -0.323 e. The summed E-state index contributed by atoms with van der Waals surface area (Å²) in [5.41, 5.74) is 7.46. The van der Waals surface area contributed by atoms with Crippen molar-refractivity contribution < 1.29 is 4.79 Å². The van der Waals surface area contributed by atoms with Crippen LogP contribution in [0.1, 0.15) is 37.9 Å². The van der Waals surface area contributed by atoms with Crippen LogP contribution in [0.2, 0.25) is 0 Å². The predicted molar refractivity (Wildman–Crippen MR) is 88.9 cm³/mol. The van der Waals surface area contributed by atoms with Crippen LogP contribution in [0.25, 0.3) is 0 Å². The van der Waals surface area contributed by atoms with Crippen LogP contribution in [-0.2, 0) is 23.3 Å². The molecule has 4 rings (SSSR count). The number of carbonyl (C=O) groups excluding carboxylic acids is 1. The maximum atomic E-state index is 13.0. The standard InChI is InChI=1S/C16H27N7O/c1-15(2,10-7-20-22-6-4-3-5-12(10)22)23(19)14(24)13-11-8-21(18)9-16(11,13)17/h7,11,13H,3-6,8-9,17-19H2,1-2H3/t11-,13+,16+/m0/s1. The van der Waals surface area contributed by atoms with Gasteiger partial charge >= 0.3 is 0 Å². The summed E-state index contributed by atoms with van der Waals surface area (Å²) in [4.78, 5) is 13.0. The third-order valence-corrected chi connectivity index (χ3v) is 6.22. The molecule has 132 valence electrons. The van der Waals surface area contributed by atoms with Crippen molar-refractivity contribution in [1.29, 1.82) is 0 Å². The minimum absolute atomic E-state index is 0.0867. The third-order valence-electron chi connectivity index (χ3n) is 6.22. The van der Waals surface area contributed by atoms with Crippen LogP contribution in [-0.4, -0.2) is 44.3 Å². The fourth-order valence-corrected chi connectivity index (χ4v) is 4.59. The average molecular weight is 333 g/mol. The fraction of sp³-hybridized carbons (Fsp3) is 0.750. The van der Waals surface area contributed by atoms with Gasteiger partial charge in [-0.25, -0.2) is 10.9 Å². The first-order chi connectivity index (χ1) is 11.3. The molecule has 1 saturated carbocycles. The molecule has 0 bridgehead atoms. The van der Waals surface area contributed by atoms with Crippen molar-refractivity contribution in [1.82, 2.24) is 19.8 Å². The van der Waals surface area contributed by atoms with Gasteiger partial charge in [0.15, 0.2) is 0 Å². The van der Waals surface area contributed by atoms with E-state index >= 15 is 0 Å². The Balaban J connectivity index is 1.57. The Morgan fingerprint density at radius 1 is 1.46 bits per heavy atom. The second-order valence-corrected chi connectivity index (χ2v) is 8.08. The van der Waals surface area contributed by atoms with E-state index in [2.05, 4.69) is 5.10 Å². The Hall–Kier alpha value is -1.48. The normalized spacial score (nSPS) is 32.4. The quantitative estimate of drug-likeness (QED) is 0.382. The Labute approximate surface area is 141 Å². The molecule has 8 nitrogen and oxygen atoms in total. The van der Waals surface area contributed by atoms with Crippen molar-refractivity contribution in [3.8, 4) is 0 Å². The smallest absolute Gasteiger partial charge is 0.242 e. The first kappa shape index (κ1) is 16.0. The summed E-state index contributed by atoms with van der Waals surface area (Å²) >= 11 is 0. The minimum atomic E-state index is -0.613. The SMILES string of the molecule is CC(C)(c1cnn2c1CCCC2)N(N)C(=O)[C@H]1[C@@H]2CN(N)C[C@@]21N. The Kier molecular flexibility index (Phi) is 3.34. The lowest BCUT2D eigenvalue weighted by atomic mass is 9.90. The van der Waals surface area contributed by atoms with Crippen molar-refractivity contribution >= 4 is 5.91 Å². The van der Waals surface area contributed by atoms with E-state index in [0.29, 0.717) is 13.1 Å². The van der Waals surface area contributed by atoms with Gasteiger partial charge in [0.1, 0.15) is 0 Å². The first-order valence-corrected chi connectivity index (χ1v) is 8.69. The van der Waals surface area contributed by atoms with Crippen LogP contribution in [0.3, 0.4) is 0 Å². The van der Waals surface area contributed by atoms with Gasteiger partial charge in [-0.15, -0.1) is 0 Å². The van der Waals surface area contributed by atoms with Crippen LogP contribution in [0, 0.1) is 11.8 Å². The van der Waals surface area contributed by atoms with Crippen LogP contribution in [0.15, 0.2) is 6.20 Å². The predicted octanol–water partition coefficient (Wildman–Crippen LogP) is -0.710. The number of nitrogens with two attached hydrogens (primary N) is 3. The van der Waals surface area contributed by atoms with Crippen LogP contribution in [0.4, 0.5) is 0 Å². The number of carbonyl (C=O) groups is 1. The molecular formula is C16H27N7O. The number of rotatable bonds is 3. The van der Waals surface area contributed by atoms with Gasteiger partial charge in [0.05, 0.1) is 17.7 Å². The molecule has 24 heavy (non-hydrogen) atoms. The second kappa shape index (κ2) is 5.01. The number of nitrogens with zero attached hydrogens (tertiary/aromatic N) is 4. The number of hydrogen-bond acceptors (Lipinski definition) is 6. The molecule has 2 aliphatic heterocycles. The Morgan fingerprint density at radius 2 is 2.21 bits per heavy atom. The summed E-state index contributed by atoms with van der Waals surface area (Å²) in [5, 5.41) is 7.54. The van der Waals surface area contributed by atoms with Crippen molar-refractivity contribution in [2.75, 3.05) is 13.1 Å². The number of aryl methyl sites for hydroxylation is 1. The van der Waals surface area contributed by atoms with Crippen molar-refractivity contribution in [2.45, 2.75) is 50.7 Å². The number of hydrogen-bond donors (Lipinski definition) is 3. The zero-order valence-corrected chi connectivity index (χ0v) is 14.4. The lowest BCUT2D eigenvalue weighted by Gasteiger charge is -2.36. The highest BCUT2D eigenvalue weighted by atomic mass is 16.2. The lowest BCUT2D eigenvalue weighted by Crippen LogP contribution is -2.54. The van der Waals surface area contributed by atoms with Gasteiger partial charge in [-0.05, 0) is 33.1 Å². The molecule has 6 N–H and O–H groups in total. The van der Waals surface area contributed by atoms with Crippen LogP contribution >= 0.6 is 0 Å². The van der Waals surface area contributed by atoms with Gasteiger partial charge < -0.3 is 5.73 Å². The van der Waals surface area contributed by atoms with E-state index in [-0.39, 0.29) is 17.7 Å². The Morgan fingerprint density at radius 3 is 2.88 bits per heavy atom. The van der Waals surface area contributed by atoms with Crippen LogP contribution < -0.4 is 17.4 Å². The van der Waals surface area contributed by atoms with Gasteiger partial charge in [-0.1, -0.05) is 0 Å². The summed E-state index contributed by atoms with van der Waals surface area (Å²) in [6, 6.07) is 0. The van der Waals surface area contributed by atoms with Crippen LogP contribution in [0.5, 0.6) is 0 Å². The molecule has 0 spiro atoms. The number of piperidine rings is 1. The summed E-state index contributed by atoms with van der Waals surface area (Å²) in [6.45, 7) is 6.10. The molecule has 1 amide bonds. The molecule has 3 heterocycles. The van der Waals surface area contributed by atoms with E-state index in [4.69, 9.17) is 17.4 Å². The van der Waals surface area contributed by atoms with Crippen molar-refractivity contribution in [2.24, 2.45) is 29.3 Å². The van der Waals surface area contributed by atoms with Gasteiger partial charge in [0.2, 0.25) is 5.91 Å². The molecule has 1 aromatic heterocycles. The van der Waals surface area contributed by atoms with Crippen molar-refractivity contribution in [3.63, 3.8) is 0 Å². The molecule has 2 fully saturated rings. The van der Waals surface area contributed by atoms with Gasteiger partial charge in [0, 0.05) is 42.3 Å². The van der Waals surface area contributed by atoms with Crippen molar-refractivity contribution in [3.05, 3.63) is 17.5 Å². The molecule has 1 saturated heterocycles. The highest BCUT2D eigenvalue weighted by Crippen LogP contribution is 2.54. The van der Waals surface area contributed by atoms with E-state index in [9.17, 15) is 4.79 Å². The molecule has 8 heteroatoms.